The number of ether oxygens (including phenoxy) is 2. The highest BCUT2D eigenvalue weighted by atomic mass is 32.2. The number of hydrogen-bond donors (Lipinski definition) is 0. The van der Waals surface area contributed by atoms with Gasteiger partial charge in [-0.15, -0.1) is 0 Å². The first-order valence-electron chi connectivity index (χ1n) is 10.5. The molecule has 0 N–H and O–H groups in total. The van der Waals surface area contributed by atoms with E-state index in [1.165, 1.54) is 31.4 Å². The number of nitrogens with zero attached hydrogens (tertiary/aromatic N) is 1. The van der Waals surface area contributed by atoms with Crippen LogP contribution in [0.3, 0.4) is 0 Å². The number of carbonyl (C=O) groups excluding carboxylic acids is 2. The summed E-state index contributed by atoms with van der Waals surface area (Å²) in [6.45, 7) is 0.206. The third-order valence-electron chi connectivity index (χ3n) is 4.93. The standard InChI is InChI=1S/C25H21NO7S2/c1-31-21-9-5-6-10-22(21)32-16-15-26-24(27)23(34-25(26)28)17-18-11-13-19(14-12-18)33-35(29,30)20-7-3-2-4-8-20/h2-14,17H,15-16H2,1H3/b23-17-. The lowest BCUT2D eigenvalue weighted by atomic mass is 10.2. The van der Waals surface area contributed by atoms with Gasteiger partial charge in [-0.1, -0.05) is 42.5 Å². The summed E-state index contributed by atoms with van der Waals surface area (Å²) in [7, 11) is -2.42. The van der Waals surface area contributed by atoms with E-state index < -0.39 is 21.3 Å². The summed E-state index contributed by atoms with van der Waals surface area (Å²) in [6, 6.07) is 21.1. The Hall–Kier alpha value is -3.76. The number of thioether (sulfide) groups is 1. The number of amides is 2. The highest BCUT2D eigenvalue weighted by Gasteiger charge is 2.34. The van der Waals surface area contributed by atoms with Crippen molar-refractivity contribution in [3.63, 3.8) is 0 Å². The molecule has 1 saturated heterocycles. The maximum atomic E-state index is 12.7. The van der Waals surface area contributed by atoms with Crippen molar-refractivity contribution < 1.29 is 31.7 Å². The molecule has 35 heavy (non-hydrogen) atoms. The number of hydrogen-bond acceptors (Lipinski definition) is 8. The first-order valence-corrected chi connectivity index (χ1v) is 12.7. The summed E-state index contributed by atoms with van der Waals surface area (Å²) < 4.78 is 40.7. The van der Waals surface area contributed by atoms with Crippen LogP contribution in [0.1, 0.15) is 5.56 Å². The molecule has 3 aromatic rings. The number of benzene rings is 3. The van der Waals surface area contributed by atoms with Gasteiger partial charge in [-0.05, 0) is 59.8 Å². The summed E-state index contributed by atoms with van der Waals surface area (Å²) in [4.78, 5) is 26.5. The van der Waals surface area contributed by atoms with Crippen molar-refractivity contribution >= 4 is 39.1 Å². The second kappa shape index (κ2) is 10.7. The number of para-hydroxylation sites is 2. The average molecular weight is 512 g/mol. The van der Waals surface area contributed by atoms with Gasteiger partial charge in [0.1, 0.15) is 17.3 Å². The van der Waals surface area contributed by atoms with Crippen molar-refractivity contribution in [2.24, 2.45) is 0 Å². The number of methoxy groups -OCH3 is 1. The van der Waals surface area contributed by atoms with Crippen LogP contribution in [0.15, 0.2) is 88.7 Å². The highest BCUT2D eigenvalue weighted by molar-refractivity contribution is 8.18. The molecule has 0 aromatic heterocycles. The maximum Gasteiger partial charge on any atom is 0.339 e. The van der Waals surface area contributed by atoms with Crippen LogP contribution in [0, 0.1) is 0 Å². The molecule has 0 radical (unpaired) electrons. The van der Waals surface area contributed by atoms with Gasteiger partial charge >= 0.3 is 10.1 Å². The molecule has 1 aliphatic heterocycles. The van der Waals surface area contributed by atoms with E-state index in [9.17, 15) is 18.0 Å². The molecule has 0 bridgehead atoms. The van der Waals surface area contributed by atoms with E-state index in [0.29, 0.717) is 17.1 Å². The van der Waals surface area contributed by atoms with E-state index in [1.54, 1.807) is 54.6 Å². The molecule has 0 aliphatic carbocycles. The Labute approximate surface area is 207 Å². The van der Waals surface area contributed by atoms with Gasteiger partial charge in [0.25, 0.3) is 11.1 Å². The molecule has 1 aliphatic rings. The van der Waals surface area contributed by atoms with Gasteiger partial charge in [-0.3, -0.25) is 14.5 Å². The lowest BCUT2D eigenvalue weighted by Crippen LogP contribution is -2.32. The van der Waals surface area contributed by atoms with Crippen LogP contribution in [0.4, 0.5) is 4.79 Å². The third kappa shape index (κ3) is 5.84. The van der Waals surface area contributed by atoms with Crippen molar-refractivity contribution in [3.8, 4) is 17.2 Å². The van der Waals surface area contributed by atoms with Gasteiger partial charge < -0.3 is 13.7 Å². The Morgan fingerprint density at radius 2 is 1.54 bits per heavy atom. The summed E-state index contributed by atoms with van der Waals surface area (Å²) >= 11 is 0.833. The van der Waals surface area contributed by atoms with Crippen LogP contribution in [-0.4, -0.2) is 44.7 Å². The smallest absolute Gasteiger partial charge is 0.339 e. The molecule has 0 atom stereocenters. The molecule has 10 heteroatoms. The lowest BCUT2D eigenvalue weighted by Gasteiger charge is -2.14. The summed E-state index contributed by atoms with van der Waals surface area (Å²) in [6.07, 6.45) is 1.57. The Bertz CT molecular complexity index is 1350. The fraction of sp³-hybridized carbons (Fsp3) is 0.120. The van der Waals surface area contributed by atoms with E-state index in [0.717, 1.165) is 16.7 Å². The summed E-state index contributed by atoms with van der Waals surface area (Å²) in [5, 5.41) is -0.390. The quantitative estimate of drug-likeness (QED) is 0.304. The van der Waals surface area contributed by atoms with Gasteiger partial charge in [-0.2, -0.15) is 8.42 Å². The van der Waals surface area contributed by atoms with Crippen LogP contribution in [0.5, 0.6) is 17.2 Å². The molecule has 2 amide bonds. The largest absolute Gasteiger partial charge is 0.493 e. The van der Waals surface area contributed by atoms with Crippen molar-refractivity contribution in [2.75, 3.05) is 20.3 Å². The second-order valence-electron chi connectivity index (χ2n) is 7.25. The lowest BCUT2D eigenvalue weighted by molar-refractivity contribution is -0.123. The topological polar surface area (TPSA) is 99.2 Å². The number of imide groups is 1. The Morgan fingerprint density at radius 1 is 0.886 bits per heavy atom. The summed E-state index contributed by atoms with van der Waals surface area (Å²) in [5.74, 6) is 0.794. The molecule has 3 aromatic carbocycles. The molecule has 0 saturated carbocycles. The van der Waals surface area contributed by atoms with E-state index in [4.69, 9.17) is 13.7 Å². The van der Waals surface area contributed by atoms with Gasteiger partial charge in [0.2, 0.25) is 0 Å². The molecular formula is C25H21NO7S2. The highest BCUT2D eigenvalue weighted by Crippen LogP contribution is 2.33. The van der Waals surface area contributed by atoms with Crippen molar-refractivity contribution in [2.45, 2.75) is 4.90 Å². The minimum Gasteiger partial charge on any atom is -0.493 e. The first-order chi connectivity index (χ1) is 16.9. The van der Waals surface area contributed by atoms with Crippen LogP contribution >= 0.6 is 11.8 Å². The van der Waals surface area contributed by atoms with Gasteiger partial charge in [-0.25, -0.2) is 0 Å². The van der Waals surface area contributed by atoms with Gasteiger partial charge in [0.15, 0.2) is 11.5 Å². The average Bonchev–Trinajstić information content (AvgIpc) is 3.13. The Balaban J connectivity index is 1.38. The normalized spacial score (nSPS) is 14.9. The van der Waals surface area contributed by atoms with Crippen molar-refractivity contribution in [1.29, 1.82) is 0 Å². The van der Waals surface area contributed by atoms with E-state index >= 15 is 0 Å². The molecular weight excluding hydrogens is 490 g/mol. The number of carbonyl (C=O) groups is 2. The summed E-state index contributed by atoms with van der Waals surface area (Å²) in [5.41, 5.74) is 0.616. The Morgan fingerprint density at radius 3 is 2.23 bits per heavy atom. The zero-order chi connectivity index (χ0) is 24.8. The second-order valence-corrected chi connectivity index (χ2v) is 9.79. The molecule has 4 rings (SSSR count). The van der Waals surface area contributed by atoms with Crippen LogP contribution < -0.4 is 13.7 Å². The minimum atomic E-state index is -3.95. The van der Waals surface area contributed by atoms with Crippen LogP contribution in [-0.2, 0) is 14.9 Å². The third-order valence-corrected chi connectivity index (χ3v) is 7.10. The minimum absolute atomic E-state index is 0.0486. The van der Waals surface area contributed by atoms with Crippen LogP contribution in [0.2, 0.25) is 0 Å². The molecule has 0 spiro atoms. The predicted molar refractivity (Wildman–Crippen MR) is 132 cm³/mol. The molecule has 180 valence electrons. The maximum absolute atomic E-state index is 12.7. The zero-order valence-corrected chi connectivity index (χ0v) is 20.3. The van der Waals surface area contributed by atoms with Crippen LogP contribution in [0.25, 0.3) is 6.08 Å². The molecule has 8 nitrogen and oxygen atoms in total. The monoisotopic (exact) mass is 511 g/mol. The van der Waals surface area contributed by atoms with Crippen molar-refractivity contribution in [1.82, 2.24) is 4.90 Å². The first kappa shape index (κ1) is 24.4. The van der Waals surface area contributed by atoms with E-state index in [2.05, 4.69) is 0 Å². The molecule has 1 heterocycles. The fourth-order valence-electron chi connectivity index (χ4n) is 3.21. The van der Waals surface area contributed by atoms with Gasteiger partial charge in [0.05, 0.1) is 18.6 Å². The molecule has 0 unspecified atom stereocenters. The zero-order valence-electron chi connectivity index (χ0n) is 18.6. The van der Waals surface area contributed by atoms with Gasteiger partial charge in [0, 0.05) is 0 Å². The SMILES string of the molecule is COc1ccccc1OCCN1C(=O)S/C(=C\c2ccc(OS(=O)(=O)c3ccccc3)cc2)C1=O. The molecule has 1 fully saturated rings. The van der Waals surface area contributed by atoms with E-state index in [1.807, 2.05) is 6.07 Å². The predicted octanol–water partition coefficient (Wildman–Crippen LogP) is 4.58. The van der Waals surface area contributed by atoms with Crippen molar-refractivity contribution in [3.05, 3.63) is 89.3 Å². The number of rotatable bonds is 9. The Kier molecular flexibility index (Phi) is 7.42. The fourth-order valence-corrected chi connectivity index (χ4v) is 5.03. The van der Waals surface area contributed by atoms with E-state index in [-0.39, 0.29) is 28.7 Å².